The number of hydrogen-bond donors (Lipinski definition) is 0. The number of anilines is 1. The minimum atomic E-state index is -1.02. The molecule has 9 heteroatoms. The van der Waals surface area contributed by atoms with Crippen LogP contribution in [0.5, 0.6) is 5.75 Å². The lowest BCUT2D eigenvalue weighted by Gasteiger charge is -2.26. The Kier molecular flexibility index (Phi) is 5.40. The highest BCUT2D eigenvalue weighted by molar-refractivity contribution is 6.23. The first kappa shape index (κ1) is 20.1. The van der Waals surface area contributed by atoms with Crippen LogP contribution in [0.25, 0.3) is 0 Å². The van der Waals surface area contributed by atoms with Crippen LogP contribution < -0.4 is 9.64 Å². The number of rotatable bonds is 6. The fourth-order valence-electron chi connectivity index (χ4n) is 3.40. The summed E-state index contributed by atoms with van der Waals surface area (Å²) in [5.41, 5.74) is 0.316. The van der Waals surface area contributed by atoms with E-state index in [2.05, 4.69) is 0 Å². The van der Waals surface area contributed by atoms with Crippen molar-refractivity contribution in [2.75, 3.05) is 4.90 Å². The van der Waals surface area contributed by atoms with Gasteiger partial charge in [-0.15, -0.1) is 0 Å². The quantitative estimate of drug-likeness (QED) is 0.341. The number of hydrogen-bond acceptors (Lipinski definition) is 7. The van der Waals surface area contributed by atoms with Gasteiger partial charge in [-0.3, -0.25) is 19.2 Å². The Morgan fingerprint density at radius 1 is 1.06 bits per heavy atom. The molecule has 2 aromatic heterocycles. The SMILES string of the molecule is CC(=O)Oc1ccc(N2C(=O)CC(N(Cc3ccco3)C(=O)c3ccco3)C2=O)cc1. The molecule has 1 saturated heterocycles. The van der Waals surface area contributed by atoms with E-state index in [1.54, 1.807) is 18.2 Å². The molecule has 0 bridgehead atoms. The average molecular weight is 422 g/mol. The van der Waals surface area contributed by atoms with E-state index in [1.807, 2.05) is 0 Å². The molecular formula is C22H18N2O7. The van der Waals surface area contributed by atoms with Gasteiger partial charge in [-0.05, 0) is 48.5 Å². The average Bonchev–Trinajstić information content (AvgIpc) is 3.49. The molecule has 3 aromatic rings. The smallest absolute Gasteiger partial charge is 0.308 e. The first-order valence-corrected chi connectivity index (χ1v) is 9.46. The molecule has 1 fully saturated rings. The minimum absolute atomic E-state index is 0.00451. The summed E-state index contributed by atoms with van der Waals surface area (Å²) in [6.07, 6.45) is 2.64. The van der Waals surface area contributed by atoms with Crippen molar-refractivity contribution in [3.05, 3.63) is 72.6 Å². The van der Waals surface area contributed by atoms with Crippen LogP contribution >= 0.6 is 0 Å². The molecule has 0 spiro atoms. The third-order valence-electron chi connectivity index (χ3n) is 4.75. The first-order chi connectivity index (χ1) is 14.9. The number of esters is 1. The van der Waals surface area contributed by atoms with Crippen molar-refractivity contribution < 1.29 is 32.7 Å². The number of carbonyl (C=O) groups is 4. The maximum Gasteiger partial charge on any atom is 0.308 e. The second-order valence-electron chi connectivity index (χ2n) is 6.86. The van der Waals surface area contributed by atoms with Crippen LogP contribution in [0.3, 0.4) is 0 Å². The van der Waals surface area contributed by atoms with E-state index in [1.165, 1.54) is 54.7 Å². The predicted octanol–water partition coefficient (Wildman–Crippen LogP) is 2.77. The highest BCUT2D eigenvalue weighted by Gasteiger charge is 2.45. The number of furan rings is 2. The van der Waals surface area contributed by atoms with Gasteiger partial charge in [0.05, 0.1) is 31.2 Å². The largest absolute Gasteiger partial charge is 0.467 e. The molecule has 1 unspecified atom stereocenters. The minimum Gasteiger partial charge on any atom is -0.467 e. The Morgan fingerprint density at radius 3 is 2.39 bits per heavy atom. The predicted molar refractivity (Wildman–Crippen MR) is 106 cm³/mol. The van der Waals surface area contributed by atoms with Gasteiger partial charge in [0.15, 0.2) is 5.76 Å². The molecule has 1 aliphatic rings. The fraction of sp³-hybridized carbons (Fsp3) is 0.182. The zero-order valence-electron chi connectivity index (χ0n) is 16.5. The molecule has 1 aromatic carbocycles. The van der Waals surface area contributed by atoms with Crippen molar-refractivity contribution in [2.45, 2.75) is 25.9 Å². The topological polar surface area (TPSA) is 110 Å². The van der Waals surface area contributed by atoms with Crippen LogP contribution in [0.1, 0.15) is 29.7 Å². The van der Waals surface area contributed by atoms with Gasteiger partial charge in [-0.1, -0.05) is 0 Å². The molecule has 0 radical (unpaired) electrons. The van der Waals surface area contributed by atoms with Gasteiger partial charge >= 0.3 is 5.97 Å². The van der Waals surface area contributed by atoms with Crippen LogP contribution in [0.2, 0.25) is 0 Å². The van der Waals surface area contributed by atoms with E-state index in [4.69, 9.17) is 13.6 Å². The fourth-order valence-corrected chi connectivity index (χ4v) is 3.40. The summed E-state index contributed by atoms with van der Waals surface area (Å²) in [5, 5.41) is 0. The number of nitrogens with zero attached hydrogens (tertiary/aromatic N) is 2. The molecule has 0 aliphatic carbocycles. The number of imide groups is 1. The summed E-state index contributed by atoms with van der Waals surface area (Å²) in [6.45, 7) is 1.27. The van der Waals surface area contributed by atoms with Gasteiger partial charge < -0.3 is 18.5 Å². The van der Waals surface area contributed by atoms with Gasteiger partial charge in [0.1, 0.15) is 17.6 Å². The van der Waals surface area contributed by atoms with Crippen LogP contribution in [0, 0.1) is 0 Å². The zero-order chi connectivity index (χ0) is 22.0. The Bertz CT molecular complexity index is 1100. The van der Waals surface area contributed by atoms with Crippen LogP contribution in [-0.2, 0) is 20.9 Å². The normalized spacial score (nSPS) is 15.9. The van der Waals surface area contributed by atoms with Gasteiger partial charge in [-0.2, -0.15) is 0 Å². The summed E-state index contributed by atoms with van der Waals surface area (Å²) >= 11 is 0. The lowest BCUT2D eigenvalue weighted by atomic mass is 10.2. The van der Waals surface area contributed by atoms with Gasteiger partial charge in [0.25, 0.3) is 11.8 Å². The maximum absolute atomic E-state index is 13.2. The molecule has 158 valence electrons. The standard InChI is InChI=1S/C22H18N2O7/c1-14(25)31-16-8-6-15(7-9-16)24-20(26)12-18(21(24)27)23(13-17-4-2-10-29-17)22(28)19-5-3-11-30-19/h2-11,18H,12-13H2,1H3. The number of benzene rings is 1. The lowest BCUT2D eigenvalue weighted by Crippen LogP contribution is -2.45. The van der Waals surface area contributed by atoms with Crippen molar-refractivity contribution in [1.29, 1.82) is 0 Å². The summed E-state index contributed by atoms with van der Waals surface area (Å²) in [5.74, 6) is -1.20. The highest BCUT2D eigenvalue weighted by Crippen LogP contribution is 2.29. The van der Waals surface area contributed by atoms with Gasteiger partial charge in [-0.25, -0.2) is 4.90 Å². The van der Waals surface area contributed by atoms with Crippen molar-refractivity contribution in [3.63, 3.8) is 0 Å². The van der Waals surface area contributed by atoms with Gasteiger partial charge in [0, 0.05) is 6.92 Å². The second-order valence-corrected chi connectivity index (χ2v) is 6.86. The maximum atomic E-state index is 13.2. The molecule has 1 atom stereocenters. The highest BCUT2D eigenvalue weighted by atomic mass is 16.5. The molecule has 0 N–H and O–H groups in total. The summed E-state index contributed by atoms with van der Waals surface area (Å²) in [6, 6.07) is 11.4. The van der Waals surface area contributed by atoms with Gasteiger partial charge in [0.2, 0.25) is 5.91 Å². The van der Waals surface area contributed by atoms with E-state index < -0.39 is 29.7 Å². The molecule has 3 heterocycles. The van der Waals surface area contributed by atoms with Crippen LogP contribution in [-0.4, -0.2) is 34.6 Å². The number of ether oxygens (including phenoxy) is 1. The monoisotopic (exact) mass is 422 g/mol. The Balaban J connectivity index is 1.61. The summed E-state index contributed by atoms with van der Waals surface area (Å²) < 4.78 is 15.5. The van der Waals surface area contributed by atoms with Crippen molar-refractivity contribution in [3.8, 4) is 5.75 Å². The van der Waals surface area contributed by atoms with E-state index >= 15 is 0 Å². The summed E-state index contributed by atoms with van der Waals surface area (Å²) in [4.78, 5) is 52.3. The van der Waals surface area contributed by atoms with E-state index in [9.17, 15) is 19.2 Å². The Hall–Kier alpha value is -4.14. The number of carbonyl (C=O) groups excluding carboxylic acids is 4. The molecule has 1 aliphatic heterocycles. The molecular weight excluding hydrogens is 404 g/mol. The third-order valence-corrected chi connectivity index (χ3v) is 4.75. The second kappa shape index (κ2) is 8.31. The molecule has 4 rings (SSSR count). The Labute approximate surface area is 176 Å². The van der Waals surface area contributed by atoms with E-state index in [0.717, 1.165) is 4.90 Å². The van der Waals surface area contributed by atoms with Crippen molar-refractivity contribution >= 4 is 29.4 Å². The van der Waals surface area contributed by atoms with Crippen molar-refractivity contribution in [2.24, 2.45) is 0 Å². The third kappa shape index (κ3) is 4.11. The van der Waals surface area contributed by atoms with E-state index in [0.29, 0.717) is 17.2 Å². The van der Waals surface area contributed by atoms with Crippen LogP contribution in [0.4, 0.5) is 5.69 Å². The zero-order valence-corrected chi connectivity index (χ0v) is 16.5. The molecule has 9 nitrogen and oxygen atoms in total. The number of amides is 3. The van der Waals surface area contributed by atoms with Crippen LogP contribution in [0.15, 0.2) is 69.9 Å². The molecule has 31 heavy (non-hydrogen) atoms. The summed E-state index contributed by atoms with van der Waals surface area (Å²) in [7, 11) is 0. The lowest BCUT2D eigenvalue weighted by molar-refractivity contribution is -0.132. The first-order valence-electron chi connectivity index (χ1n) is 9.46. The molecule has 3 amide bonds. The Morgan fingerprint density at radius 2 is 1.77 bits per heavy atom. The van der Waals surface area contributed by atoms with E-state index in [-0.39, 0.29) is 18.7 Å². The molecule has 0 saturated carbocycles. The van der Waals surface area contributed by atoms with Crippen molar-refractivity contribution in [1.82, 2.24) is 4.90 Å².